The van der Waals surface area contributed by atoms with Crippen molar-refractivity contribution in [1.82, 2.24) is 5.32 Å². The van der Waals surface area contributed by atoms with E-state index in [0.29, 0.717) is 40.4 Å². The molecule has 0 bridgehead atoms. The predicted molar refractivity (Wildman–Crippen MR) is 153 cm³/mol. The molecule has 190 valence electrons. The van der Waals surface area contributed by atoms with E-state index in [1.165, 1.54) is 16.5 Å². The van der Waals surface area contributed by atoms with Gasteiger partial charge in [-0.15, -0.1) is 0 Å². The number of nitrogens with zero attached hydrogens (tertiary/aromatic N) is 1. The molecule has 0 radical (unpaired) electrons. The van der Waals surface area contributed by atoms with Crippen LogP contribution in [0.2, 0.25) is 0 Å². The number of hydrogen-bond donors (Lipinski definition) is 1. The largest absolute Gasteiger partial charge is 0.490 e. The lowest BCUT2D eigenvalue weighted by Gasteiger charge is -2.29. The molecule has 3 aromatic rings. The molecule has 0 aliphatic carbocycles. The first-order valence-electron chi connectivity index (χ1n) is 12.0. The van der Waals surface area contributed by atoms with Crippen molar-refractivity contribution >= 4 is 56.8 Å². The Bertz CT molecular complexity index is 1370. The Morgan fingerprint density at radius 2 is 1.65 bits per heavy atom. The standard InChI is InChI=1S/C29H27BrN2O4S/c1-4-19-10-12-22(13-11-19)32-28(34)23(27(33)31-29(32)37)14-21-15-24(30)26(25(16-21)35-5-2)36-17-20-8-6-18(3)7-9-20/h6-16H,4-5,17H2,1-3H3,(H,31,33,37)/b23-14+. The number of hydrogen-bond acceptors (Lipinski definition) is 5. The van der Waals surface area contributed by atoms with Crippen LogP contribution in [-0.2, 0) is 22.6 Å². The summed E-state index contributed by atoms with van der Waals surface area (Å²) in [5, 5.41) is 2.68. The van der Waals surface area contributed by atoms with E-state index in [2.05, 4.69) is 28.2 Å². The summed E-state index contributed by atoms with van der Waals surface area (Å²) in [4.78, 5) is 27.5. The number of amides is 2. The van der Waals surface area contributed by atoms with Crippen LogP contribution in [0.3, 0.4) is 0 Å². The third kappa shape index (κ3) is 6.09. The summed E-state index contributed by atoms with van der Waals surface area (Å²) < 4.78 is 12.6. The Kier molecular flexibility index (Phi) is 8.41. The molecule has 1 aliphatic rings. The molecule has 37 heavy (non-hydrogen) atoms. The second kappa shape index (κ2) is 11.7. The van der Waals surface area contributed by atoms with E-state index in [0.717, 1.165) is 17.5 Å². The van der Waals surface area contributed by atoms with Gasteiger partial charge in [-0.2, -0.15) is 0 Å². The van der Waals surface area contributed by atoms with E-state index < -0.39 is 11.8 Å². The summed E-state index contributed by atoms with van der Waals surface area (Å²) >= 11 is 8.88. The minimum absolute atomic E-state index is 0.0316. The summed E-state index contributed by atoms with van der Waals surface area (Å²) in [7, 11) is 0. The molecule has 1 saturated heterocycles. The maximum Gasteiger partial charge on any atom is 0.270 e. The van der Waals surface area contributed by atoms with E-state index in [9.17, 15) is 9.59 Å². The average Bonchev–Trinajstić information content (AvgIpc) is 2.87. The van der Waals surface area contributed by atoms with Gasteiger partial charge in [-0.25, -0.2) is 0 Å². The van der Waals surface area contributed by atoms with Crippen molar-refractivity contribution in [1.29, 1.82) is 0 Å². The minimum atomic E-state index is -0.551. The van der Waals surface area contributed by atoms with Gasteiger partial charge >= 0.3 is 0 Å². The number of thiocarbonyl (C=S) groups is 1. The number of ether oxygens (including phenoxy) is 2. The zero-order valence-corrected chi connectivity index (χ0v) is 23.2. The van der Waals surface area contributed by atoms with Crippen molar-refractivity contribution < 1.29 is 19.1 Å². The SMILES string of the molecule is CCOc1cc(/C=C2\C(=O)NC(=S)N(c3ccc(CC)cc3)C2=O)cc(Br)c1OCc1ccc(C)cc1. The van der Waals surface area contributed by atoms with Gasteiger partial charge in [0, 0.05) is 0 Å². The molecule has 0 aromatic heterocycles. The van der Waals surface area contributed by atoms with E-state index >= 15 is 0 Å². The number of benzene rings is 3. The molecule has 0 spiro atoms. The summed E-state index contributed by atoms with van der Waals surface area (Å²) in [6, 6.07) is 19.1. The lowest BCUT2D eigenvalue weighted by Crippen LogP contribution is -2.54. The molecule has 0 unspecified atom stereocenters. The zero-order chi connectivity index (χ0) is 26.5. The Morgan fingerprint density at radius 1 is 0.973 bits per heavy atom. The molecule has 2 amide bonds. The predicted octanol–water partition coefficient (Wildman–Crippen LogP) is 6.13. The van der Waals surface area contributed by atoms with Crippen molar-refractivity contribution in [3.05, 3.63) is 93.0 Å². The number of nitrogens with one attached hydrogen (secondary N) is 1. The molecule has 1 aliphatic heterocycles. The van der Waals surface area contributed by atoms with Crippen LogP contribution in [0.25, 0.3) is 6.08 Å². The molecule has 6 nitrogen and oxygen atoms in total. The quantitative estimate of drug-likeness (QED) is 0.198. The molecule has 1 heterocycles. The fourth-order valence-electron chi connectivity index (χ4n) is 3.85. The Labute approximate surface area is 230 Å². The Hall–Kier alpha value is -3.49. The monoisotopic (exact) mass is 578 g/mol. The van der Waals surface area contributed by atoms with Crippen LogP contribution >= 0.6 is 28.1 Å². The van der Waals surface area contributed by atoms with Crippen LogP contribution in [0.5, 0.6) is 11.5 Å². The van der Waals surface area contributed by atoms with Gasteiger partial charge in [0.1, 0.15) is 12.2 Å². The maximum atomic E-state index is 13.4. The molecule has 1 fully saturated rings. The number of carbonyl (C=O) groups is 2. The van der Waals surface area contributed by atoms with Crippen LogP contribution < -0.4 is 19.7 Å². The highest BCUT2D eigenvalue weighted by molar-refractivity contribution is 9.10. The van der Waals surface area contributed by atoms with Gasteiger partial charge in [0.05, 0.1) is 16.8 Å². The molecule has 3 aromatic carbocycles. The number of anilines is 1. The topological polar surface area (TPSA) is 67.9 Å². The smallest absolute Gasteiger partial charge is 0.270 e. The van der Waals surface area contributed by atoms with Crippen molar-refractivity contribution in [3.63, 3.8) is 0 Å². The number of rotatable bonds is 8. The van der Waals surface area contributed by atoms with Crippen LogP contribution in [0.1, 0.15) is 36.1 Å². The zero-order valence-electron chi connectivity index (χ0n) is 20.8. The maximum absolute atomic E-state index is 13.4. The number of halogens is 1. The third-order valence-corrected chi connectivity index (χ3v) is 6.72. The van der Waals surface area contributed by atoms with Crippen molar-refractivity contribution in [2.45, 2.75) is 33.8 Å². The normalized spacial score (nSPS) is 14.6. The average molecular weight is 580 g/mol. The van der Waals surface area contributed by atoms with Crippen LogP contribution in [0.4, 0.5) is 5.69 Å². The lowest BCUT2D eigenvalue weighted by atomic mass is 10.1. The van der Waals surface area contributed by atoms with Gasteiger partial charge in [0.25, 0.3) is 11.8 Å². The van der Waals surface area contributed by atoms with E-state index in [1.54, 1.807) is 12.1 Å². The first-order valence-corrected chi connectivity index (χ1v) is 13.2. The van der Waals surface area contributed by atoms with Crippen molar-refractivity contribution in [2.75, 3.05) is 11.5 Å². The Balaban J connectivity index is 1.64. The molecule has 0 saturated carbocycles. The summed E-state index contributed by atoms with van der Waals surface area (Å²) in [5.74, 6) is 0.00170. The summed E-state index contributed by atoms with van der Waals surface area (Å²) in [5.41, 5.74) is 4.50. The molecule has 1 N–H and O–H groups in total. The lowest BCUT2D eigenvalue weighted by molar-refractivity contribution is -0.122. The highest BCUT2D eigenvalue weighted by Gasteiger charge is 2.34. The van der Waals surface area contributed by atoms with E-state index in [4.69, 9.17) is 21.7 Å². The van der Waals surface area contributed by atoms with E-state index in [-0.39, 0.29) is 10.7 Å². The highest BCUT2D eigenvalue weighted by Crippen LogP contribution is 2.38. The Morgan fingerprint density at radius 3 is 2.30 bits per heavy atom. The van der Waals surface area contributed by atoms with Crippen molar-refractivity contribution in [2.24, 2.45) is 0 Å². The van der Waals surface area contributed by atoms with Gasteiger partial charge in [0.2, 0.25) is 0 Å². The van der Waals surface area contributed by atoms with Crippen LogP contribution in [-0.4, -0.2) is 23.5 Å². The fraction of sp³-hybridized carbons (Fsp3) is 0.207. The first kappa shape index (κ1) is 26.6. The first-order chi connectivity index (χ1) is 17.8. The highest BCUT2D eigenvalue weighted by atomic mass is 79.9. The second-order valence-electron chi connectivity index (χ2n) is 8.52. The molecular formula is C29H27BrN2O4S. The number of carbonyl (C=O) groups excluding carboxylic acids is 2. The molecular weight excluding hydrogens is 552 g/mol. The molecule has 4 rings (SSSR count). The molecule has 8 heteroatoms. The summed E-state index contributed by atoms with van der Waals surface area (Å²) in [6.45, 7) is 6.75. The van der Waals surface area contributed by atoms with Gasteiger partial charge in [-0.3, -0.25) is 19.8 Å². The van der Waals surface area contributed by atoms with Crippen LogP contribution in [0.15, 0.2) is 70.7 Å². The minimum Gasteiger partial charge on any atom is -0.490 e. The number of aryl methyl sites for hydroxylation is 2. The van der Waals surface area contributed by atoms with Crippen molar-refractivity contribution in [3.8, 4) is 11.5 Å². The van der Waals surface area contributed by atoms with Gasteiger partial charge in [-0.05, 0) is 95.4 Å². The van der Waals surface area contributed by atoms with E-state index in [1.807, 2.05) is 62.4 Å². The van der Waals surface area contributed by atoms with Crippen LogP contribution in [0, 0.1) is 6.92 Å². The summed E-state index contributed by atoms with van der Waals surface area (Å²) in [6.07, 6.45) is 2.41. The third-order valence-electron chi connectivity index (χ3n) is 5.85. The van der Waals surface area contributed by atoms with Gasteiger partial charge in [-0.1, -0.05) is 48.9 Å². The molecule has 0 atom stereocenters. The van der Waals surface area contributed by atoms with Gasteiger partial charge < -0.3 is 9.47 Å². The van der Waals surface area contributed by atoms with Gasteiger partial charge in [0.15, 0.2) is 16.6 Å². The second-order valence-corrected chi connectivity index (χ2v) is 9.76. The fourth-order valence-corrected chi connectivity index (χ4v) is 4.71.